The number of rotatable bonds is 7. The van der Waals surface area contributed by atoms with E-state index in [1.54, 1.807) is 6.92 Å². The number of nitrogens with one attached hydrogen (secondary N) is 1. The molecule has 2 atom stereocenters. The van der Waals surface area contributed by atoms with Gasteiger partial charge in [0.05, 0.1) is 6.61 Å². The summed E-state index contributed by atoms with van der Waals surface area (Å²) in [7, 11) is 1.52. The van der Waals surface area contributed by atoms with Crippen LogP contribution in [0.5, 0.6) is 0 Å². The second kappa shape index (κ2) is 6.80. The average Bonchev–Trinajstić information content (AvgIpc) is 2.14. The molecule has 4 heteroatoms. The molecule has 0 aliphatic carbocycles. The smallest absolute Gasteiger partial charge is 0.222 e. The Morgan fingerprint density at radius 2 is 2.20 bits per heavy atom. The van der Waals surface area contributed by atoms with Crippen molar-refractivity contribution in [2.75, 3.05) is 20.3 Å². The van der Waals surface area contributed by atoms with Gasteiger partial charge in [-0.2, -0.15) is 0 Å². The molecule has 90 valence electrons. The van der Waals surface area contributed by atoms with Crippen LogP contribution in [0.25, 0.3) is 0 Å². The fraction of sp³-hybridized carbons (Fsp3) is 0.909. The molecule has 0 aromatic carbocycles. The van der Waals surface area contributed by atoms with Crippen LogP contribution in [-0.4, -0.2) is 36.9 Å². The van der Waals surface area contributed by atoms with E-state index < -0.39 is 5.60 Å². The van der Waals surface area contributed by atoms with E-state index in [0.717, 1.165) is 12.8 Å². The highest BCUT2D eigenvalue weighted by Crippen LogP contribution is 2.06. The lowest BCUT2D eigenvalue weighted by Gasteiger charge is -2.23. The second-order valence-electron chi connectivity index (χ2n) is 4.34. The summed E-state index contributed by atoms with van der Waals surface area (Å²) in [5.74, 6) is 0.00146. The van der Waals surface area contributed by atoms with E-state index in [9.17, 15) is 9.90 Å². The topological polar surface area (TPSA) is 58.6 Å². The van der Waals surface area contributed by atoms with Gasteiger partial charge in [0.1, 0.15) is 5.60 Å². The van der Waals surface area contributed by atoms with Gasteiger partial charge in [0.15, 0.2) is 0 Å². The standard InChI is InChI=1S/C11H23NO3/c1-5-6-9(2)10(13)12-7-11(3,14)8-15-4/h9,14H,5-8H2,1-4H3,(H,12,13)/t9-,11-/m0/s1. The molecule has 0 spiro atoms. The average molecular weight is 217 g/mol. The molecule has 0 rings (SSSR count). The summed E-state index contributed by atoms with van der Waals surface area (Å²) in [6.45, 7) is 6.03. The number of ether oxygens (including phenoxy) is 1. The van der Waals surface area contributed by atoms with Crippen LogP contribution in [0.2, 0.25) is 0 Å². The molecule has 1 amide bonds. The first kappa shape index (κ1) is 14.4. The maximum absolute atomic E-state index is 11.5. The maximum Gasteiger partial charge on any atom is 0.222 e. The van der Waals surface area contributed by atoms with Crippen molar-refractivity contribution in [3.05, 3.63) is 0 Å². The van der Waals surface area contributed by atoms with E-state index >= 15 is 0 Å². The fourth-order valence-corrected chi connectivity index (χ4v) is 1.38. The molecule has 4 nitrogen and oxygen atoms in total. The predicted octanol–water partition coefficient (Wildman–Crippen LogP) is 0.936. The maximum atomic E-state index is 11.5. The fourth-order valence-electron chi connectivity index (χ4n) is 1.38. The van der Waals surface area contributed by atoms with Crippen molar-refractivity contribution in [1.82, 2.24) is 5.32 Å². The lowest BCUT2D eigenvalue weighted by molar-refractivity contribution is -0.126. The van der Waals surface area contributed by atoms with Crippen LogP contribution in [0.3, 0.4) is 0 Å². The third-order valence-electron chi connectivity index (χ3n) is 2.27. The van der Waals surface area contributed by atoms with E-state index in [0.29, 0.717) is 0 Å². The number of aliphatic hydroxyl groups is 1. The molecule has 0 bridgehead atoms. The molecule has 0 aromatic heterocycles. The van der Waals surface area contributed by atoms with Crippen molar-refractivity contribution in [2.24, 2.45) is 5.92 Å². The van der Waals surface area contributed by atoms with E-state index in [2.05, 4.69) is 5.32 Å². The summed E-state index contributed by atoms with van der Waals surface area (Å²) >= 11 is 0. The van der Waals surface area contributed by atoms with Gasteiger partial charge in [0.25, 0.3) is 0 Å². The summed E-state index contributed by atoms with van der Waals surface area (Å²) in [6.07, 6.45) is 1.86. The summed E-state index contributed by atoms with van der Waals surface area (Å²) in [5, 5.41) is 12.5. The SMILES string of the molecule is CCC[C@H](C)C(=O)NC[C@](C)(O)COC. The van der Waals surface area contributed by atoms with E-state index in [-0.39, 0.29) is 25.0 Å². The molecular formula is C11H23NO3. The molecule has 15 heavy (non-hydrogen) atoms. The molecule has 0 unspecified atom stereocenters. The van der Waals surface area contributed by atoms with E-state index in [1.807, 2.05) is 13.8 Å². The number of hydrogen-bond acceptors (Lipinski definition) is 3. The first-order valence-electron chi connectivity index (χ1n) is 5.42. The Hall–Kier alpha value is -0.610. The Kier molecular flexibility index (Phi) is 6.52. The molecule has 0 saturated heterocycles. The highest BCUT2D eigenvalue weighted by Gasteiger charge is 2.22. The number of hydrogen-bond donors (Lipinski definition) is 2. The van der Waals surface area contributed by atoms with Gasteiger partial charge in [-0.15, -0.1) is 0 Å². The number of methoxy groups -OCH3 is 1. The highest BCUT2D eigenvalue weighted by molar-refractivity contribution is 5.78. The Balaban J connectivity index is 3.88. The van der Waals surface area contributed by atoms with Gasteiger partial charge in [-0.05, 0) is 13.3 Å². The quantitative estimate of drug-likeness (QED) is 0.667. The van der Waals surface area contributed by atoms with Crippen LogP contribution >= 0.6 is 0 Å². The normalized spacial score (nSPS) is 16.9. The van der Waals surface area contributed by atoms with Gasteiger partial charge >= 0.3 is 0 Å². The van der Waals surface area contributed by atoms with Gasteiger partial charge in [0.2, 0.25) is 5.91 Å². The number of carbonyl (C=O) groups excluding carboxylic acids is 1. The molecule has 0 heterocycles. The summed E-state index contributed by atoms with van der Waals surface area (Å²) in [6, 6.07) is 0. The van der Waals surface area contributed by atoms with Crippen LogP contribution in [-0.2, 0) is 9.53 Å². The molecule has 0 fully saturated rings. The zero-order valence-electron chi connectivity index (χ0n) is 10.2. The number of carbonyl (C=O) groups is 1. The minimum absolute atomic E-state index is 0.00627. The zero-order chi connectivity index (χ0) is 11.9. The van der Waals surface area contributed by atoms with Crippen LogP contribution in [0.4, 0.5) is 0 Å². The van der Waals surface area contributed by atoms with Crippen molar-refractivity contribution in [2.45, 2.75) is 39.2 Å². The Bertz CT molecular complexity index is 192. The van der Waals surface area contributed by atoms with Gasteiger partial charge in [-0.3, -0.25) is 4.79 Å². The zero-order valence-corrected chi connectivity index (χ0v) is 10.2. The summed E-state index contributed by atoms with van der Waals surface area (Å²) < 4.78 is 4.85. The third kappa shape index (κ3) is 6.47. The van der Waals surface area contributed by atoms with Gasteiger partial charge in [0, 0.05) is 19.6 Å². The lowest BCUT2D eigenvalue weighted by atomic mass is 10.0. The van der Waals surface area contributed by atoms with Crippen LogP contribution in [0.1, 0.15) is 33.6 Å². The molecule has 0 aliphatic rings. The summed E-state index contributed by atoms with van der Waals surface area (Å²) in [4.78, 5) is 11.5. The van der Waals surface area contributed by atoms with Gasteiger partial charge in [-0.25, -0.2) is 0 Å². The Labute approximate surface area is 92.0 Å². The van der Waals surface area contributed by atoms with Crippen LogP contribution in [0, 0.1) is 5.92 Å². The van der Waals surface area contributed by atoms with Crippen molar-refractivity contribution < 1.29 is 14.6 Å². The van der Waals surface area contributed by atoms with Crippen LogP contribution < -0.4 is 5.32 Å². The third-order valence-corrected chi connectivity index (χ3v) is 2.27. The largest absolute Gasteiger partial charge is 0.386 e. The minimum Gasteiger partial charge on any atom is -0.386 e. The molecular weight excluding hydrogens is 194 g/mol. The molecule has 0 aromatic rings. The van der Waals surface area contributed by atoms with Gasteiger partial charge < -0.3 is 15.2 Å². The van der Waals surface area contributed by atoms with Gasteiger partial charge in [-0.1, -0.05) is 20.3 Å². The first-order valence-corrected chi connectivity index (χ1v) is 5.42. The second-order valence-corrected chi connectivity index (χ2v) is 4.34. The first-order chi connectivity index (χ1) is 6.93. The van der Waals surface area contributed by atoms with Crippen molar-refractivity contribution in [3.8, 4) is 0 Å². The highest BCUT2D eigenvalue weighted by atomic mass is 16.5. The van der Waals surface area contributed by atoms with E-state index in [4.69, 9.17) is 4.74 Å². The number of amides is 1. The van der Waals surface area contributed by atoms with Crippen molar-refractivity contribution in [1.29, 1.82) is 0 Å². The van der Waals surface area contributed by atoms with E-state index in [1.165, 1.54) is 7.11 Å². The van der Waals surface area contributed by atoms with Crippen molar-refractivity contribution in [3.63, 3.8) is 0 Å². The lowest BCUT2D eigenvalue weighted by Crippen LogP contribution is -2.45. The predicted molar refractivity (Wildman–Crippen MR) is 59.6 cm³/mol. The minimum atomic E-state index is -0.990. The van der Waals surface area contributed by atoms with Crippen molar-refractivity contribution >= 4 is 5.91 Å². The Morgan fingerprint density at radius 1 is 1.60 bits per heavy atom. The Morgan fingerprint density at radius 3 is 2.67 bits per heavy atom. The summed E-state index contributed by atoms with van der Waals surface area (Å²) in [5.41, 5.74) is -0.990. The van der Waals surface area contributed by atoms with Crippen LogP contribution in [0.15, 0.2) is 0 Å². The molecule has 0 radical (unpaired) electrons. The molecule has 0 saturated carbocycles. The monoisotopic (exact) mass is 217 g/mol. The molecule has 2 N–H and O–H groups in total. The molecule has 0 aliphatic heterocycles.